The van der Waals surface area contributed by atoms with Crippen LogP contribution < -0.4 is 5.32 Å². The standard InChI is InChI=1S/C19H14FNO4S/c20-14-8-6-13(7-9-14)17-16(18(22)23)15(11-26-17)21-19(24)25-10-12-4-2-1-3-5-12/h1-9,11H,10H2,(H,21,24)(H,22,23). The zero-order chi connectivity index (χ0) is 18.5. The van der Waals surface area contributed by atoms with Gasteiger partial charge in [-0.25, -0.2) is 14.0 Å². The van der Waals surface area contributed by atoms with Crippen LogP contribution in [0.25, 0.3) is 10.4 Å². The fourth-order valence-electron chi connectivity index (χ4n) is 2.35. The Hall–Kier alpha value is -3.19. The predicted molar refractivity (Wildman–Crippen MR) is 96.9 cm³/mol. The van der Waals surface area contributed by atoms with Gasteiger partial charge in [-0.3, -0.25) is 5.32 Å². The van der Waals surface area contributed by atoms with E-state index in [1.165, 1.54) is 29.6 Å². The molecule has 0 bridgehead atoms. The molecule has 0 saturated carbocycles. The molecule has 2 N–H and O–H groups in total. The lowest BCUT2D eigenvalue weighted by Gasteiger charge is -2.07. The molecule has 3 rings (SSSR count). The predicted octanol–water partition coefficient (Wildman–Crippen LogP) is 5.00. The van der Waals surface area contributed by atoms with Gasteiger partial charge in [0.1, 0.15) is 18.0 Å². The van der Waals surface area contributed by atoms with Crippen molar-refractivity contribution in [2.24, 2.45) is 0 Å². The van der Waals surface area contributed by atoms with Gasteiger partial charge in [0.2, 0.25) is 0 Å². The van der Waals surface area contributed by atoms with Crippen LogP contribution in [0.3, 0.4) is 0 Å². The lowest BCUT2D eigenvalue weighted by Crippen LogP contribution is -2.15. The monoisotopic (exact) mass is 371 g/mol. The van der Waals surface area contributed by atoms with Crippen molar-refractivity contribution in [3.05, 3.63) is 76.9 Å². The minimum atomic E-state index is -1.19. The maximum Gasteiger partial charge on any atom is 0.412 e. The normalized spacial score (nSPS) is 10.3. The van der Waals surface area contributed by atoms with E-state index in [1.54, 1.807) is 0 Å². The molecular formula is C19H14FNO4S. The van der Waals surface area contributed by atoms with Gasteiger partial charge < -0.3 is 9.84 Å². The van der Waals surface area contributed by atoms with Crippen LogP contribution in [0.15, 0.2) is 60.0 Å². The molecular weight excluding hydrogens is 357 g/mol. The number of thiophene rings is 1. The van der Waals surface area contributed by atoms with Gasteiger partial charge in [0.15, 0.2) is 0 Å². The Labute approximate surface area is 152 Å². The fourth-order valence-corrected chi connectivity index (χ4v) is 3.34. The number of carbonyl (C=O) groups is 2. The molecule has 0 spiro atoms. The molecule has 0 saturated heterocycles. The second-order valence-corrected chi connectivity index (χ2v) is 6.23. The number of carboxylic acids is 1. The first-order valence-electron chi connectivity index (χ1n) is 7.63. The van der Waals surface area contributed by atoms with Gasteiger partial charge in [0, 0.05) is 5.38 Å². The maximum absolute atomic E-state index is 13.1. The molecule has 1 aromatic heterocycles. The summed E-state index contributed by atoms with van der Waals surface area (Å²) in [7, 11) is 0. The summed E-state index contributed by atoms with van der Waals surface area (Å²) >= 11 is 1.15. The summed E-state index contributed by atoms with van der Waals surface area (Å²) < 4.78 is 18.2. The molecule has 5 nitrogen and oxygen atoms in total. The van der Waals surface area contributed by atoms with Gasteiger partial charge in [0.05, 0.1) is 10.6 Å². The van der Waals surface area contributed by atoms with Gasteiger partial charge in [-0.05, 0) is 23.3 Å². The molecule has 0 radical (unpaired) electrons. The second-order valence-electron chi connectivity index (χ2n) is 5.35. The maximum atomic E-state index is 13.1. The molecule has 1 heterocycles. The van der Waals surface area contributed by atoms with Gasteiger partial charge in [-0.15, -0.1) is 11.3 Å². The van der Waals surface area contributed by atoms with Gasteiger partial charge >= 0.3 is 12.1 Å². The average molecular weight is 371 g/mol. The lowest BCUT2D eigenvalue weighted by atomic mass is 10.1. The SMILES string of the molecule is O=C(Nc1csc(-c2ccc(F)cc2)c1C(=O)O)OCc1ccccc1. The number of rotatable bonds is 5. The van der Waals surface area contributed by atoms with E-state index < -0.39 is 17.9 Å². The number of carboxylic acid groups (broad SMARTS) is 1. The topological polar surface area (TPSA) is 75.6 Å². The van der Waals surface area contributed by atoms with Crippen molar-refractivity contribution in [3.8, 4) is 10.4 Å². The number of hydrogen-bond acceptors (Lipinski definition) is 4. The number of nitrogens with one attached hydrogen (secondary N) is 1. The minimum Gasteiger partial charge on any atom is -0.478 e. The number of amides is 1. The number of anilines is 1. The molecule has 0 aliphatic heterocycles. The van der Waals surface area contributed by atoms with E-state index in [4.69, 9.17) is 4.74 Å². The van der Waals surface area contributed by atoms with E-state index in [9.17, 15) is 19.1 Å². The number of carbonyl (C=O) groups excluding carboxylic acids is 1. The summed E-state index contributed by atoms with van der Waals surface area (Å²) in [5, 5.41) is 13.5. The van der Waals surface area contributed by atoms with Crippen molar-refractivity contribution < 1.29 is 23.8 Å². The Balaban J connectivity index is 1.76. The Bertz CT molecular complexity index is 922. The molecule has 3 aromatic rings. The van der Waals surface area contributed by atoms with Crippen LogP contribution in [0.4, 0.5) is 14.9 Å². The number of aromatic carboxylic acids is 1. The molecule has 0 unspecified atom stereocenters. The van der Waals surface area contributed by atoms with E-state index >= 15 is 0 Å². The summed E-state index contributed by atoms with van der Waals surface area (Å²) in [4.78, 5) is 24.1. The van der Waals surface area contributed by atoms with E-state index in [0.29, 0.717) is 10.4 Å². The highest BCUT2D eigenvalue weighted by atomic mass is 32.1. The third-order valence-electron chi connectivity index (χ3n) is 3.56. The molecule has 26 heavy (non-hydrogen) atoms. The zero-order valence-electron chi connectivity index (χ0n) is 13.4. The van der Waals surface area contributed by atoms with Crippen LogP contribution in [-0.4, -0.2) is 17.2 Å². The van der Waals surface area contributed by atoms with Crippen molar-refractivity contribution in [1.82, 2.24) is 0 Å². The van der Waals surface area contributed by atoms with Crippen molar-refractivity contribution >= 4 is 29.1 Å². The number of benzene rings is 2. The Morgan fingerprint density at radius 2 is 1.77 bits per heavy atom. The summed E-state index contributed by atoms with van der Waals surface area (Å²) in [6, 6.07) is 14.6. The van der Waals surface area contributed by atoms with Crippen LogP contribution in [0.1, 0.15) is 15.9 Å². The molecule has 0 atom stereocenters. The van der Waals surface area contributed by atoms with E-state index in [0.717, 1.165) is 16.9 Å². The number of ether oxygens (including phenoxy) is 1. The van der Waals surface area contributed by atoms with Gasteiger partial charge in [-0.1, -0.05) is 42.5 Å². The molecule has 0 fully saturated rings. The van der Waals surface area contributed by atoms with E-state index in [-0.39, 0.29) is 17.9 Å². The average Bonchev–Trinajstić information content (AvgIpc) is 3.05. The quantitative estimate of drug-likeness (QED) is 0.662. The number of hydrogen-bond donors (Lipinski definition) is 2. The number of halogens is 1. The largest absolute Gasteiger partial charge is 0.478 e. The first-order chi connectivity index (χ1) is 12.5. The zero-order valence-corrected chi connectivity index (χ0v) is 14.3. The summed E-state index contributed by atoms with van der Waals surface area (Å²) in [5.74, 6) is -1.60. The Morgan fingerprint density at radius 3 is 2.42 bits per heavy atom. The fraction of sp³-hybridized carbons (Fsp3) is 0.0526. The van der Waals surface area contributed by atoms with E-state index in [2.05, 4.69) is 5.32 Å². The van der Waals surface area contributed by atoms with Crippen LogP contribution in [0.2, 0.25) is 0 Å². The highest BCUT2D eigenvalue weighted by molar-refractivity contribution is 7.14. The van der Waals surface area contributed by atoms with Crippen LogP contribution in [0, 0.1) is 5.82 Å². The molecule has 0 aliphatic carbocycles. The third kappa shape index (κ3) is 4.07. The highest BCUT2D eigenvalue weighted by Crippen LogP contribution is 2.36. The Morgan fingerprint density at radius 1 is 1.08 bits per heavy atom. The summed E-state index contributed by atoms with van der Waals surface area (Å²) in [6.07, 6.45) is -0.750. The van der Waals surface area contributed by atoms with Gasteiger partial charge in [-0.2, -0.15) is 0 Å². The Kier molecular flexibility index (Phi) is 5.28. The van der Waals surface area contributed by atoms with E-state index in [1.807, 2.05) is 30.3 Å². The molecule has 1 amide bonds. The first kappa shape index (κ1) is 17.6. The van der Waals surface area contributed by atoms with Crippen molar-refractivity contribution in [2.75, 3.05) is 5.32 Å². The van der Waals surface area contributed by atoms with Crippen molar-refractivity contribution in [2.45, 2.75) is 6.61 Å². The molecule has 132 valence electrons. The molecule has 2 aromatic carbocycles. The minimum absolute atomic E-state index is 0.0572. The van der Waals surface area contributed by atoms with Crippen LogP contribution in [0.5, 0.6) is 0 Å². The van der Waals surface area contributed by atoms with Crippen molar-refractivity contribution in [3.63, 3.8) is 0 Å². The van der Waals surface area contributed by atoms with Gasteiger partial charge in [0.25, 0.3) is 0 Å². The van der Waals surface area contributed by atoms with Crippen LogP contribution >= 0.6 is 11.3 Å². The van der Waals surface area contributed by atoms with Crippen LogP contribution in [-0.2, 0) is 11.3 Å². The molecule has 7 heteroatoms. The smallest absolute Gasteiger partial charge is 0.412 e. The highest BCUT2D eigenvalue weighted by Gasteiger charge is 2.21. The summed E-state index contributed by atoms with van der Waals surface area (Å²) in [6.45, 7) is 0.0734. The summed E-state index contributed by atoms with van der Waals surface area (Å²) in [5.41, 5.74) is 1.45. The lowest BCUT2D eigenvalue weighted by molar-refractivity contribution is 0.0699. The first-order valence-corrected chi connectivity index (χ1v) is 8.51. The second kappa shape index (κ2) is 7.79. The third-order valence-corrected chi connectivity index (χ3v) is 4.59. The molecule has 0 aliphatic rings. The van der Waals surface area contributed by atoms with Crippen molar-refractivity contribution in [1.29, 1.82) is 0 Å².